The second-order valence-corrected chi connectivity index (χ2v) is 6.79. The van der Waals surface area contributed by atoms with Gasteiger partial charge in [-0.3, -0.25) is 9.59 Å². The van der Waals surface area contributed by atoms with Gasteiger partial charge in [-0.05, 0) is 18.2 Å². The van der Waals surface area contributed by atoms with Crippen LogP contribution in [0.4, 0.5) is 10.1 Å². The van der Waals surface area contributed by atoms with Gasteiger partial charge in [0.1, 0.15) is 12.2 Å². The van der Waals surface area contributed by atoms with Gasteiger partial charge in [0, 0.05) is 11.1 Å². The fraction of sp³-hybridized carbons (Fsp3) is 0.190. The summed E-state index contributed by atoms with van der Waals surface area (Å²) in [6.45, 7) is 0. The highest BCUT2D eigenvalue weighted by Crippen LogP contribution is 2.39. The van der Waals surface area contributed by atoms with E-state index in [2.05, 4.69) is 15.4 Å². The smallest absolute Gasteiger partial charge is 0.355 e. The van der Waals surface area contributed by atoms with E-state index in [0.29, 0.717) is 11.1 Å². The normalized spacial score (nSPS) is 16.5. The van der Waals surface area contributed by atoms with Gasteiger partial charge < -0.3 is 14.8 Å². The molecule has 9 nitrogen and oxygen atoms in total. The molecule has 0 radical (unpaired) electrons. The van der Waals surface area contributed by atoms with Crippen molar-refractivity contribution >= 4 is 17.6 Å². The van der Waals surface area contributed by atoms with Crippen molar-refractivity contribution in [3.05, 3.63) is 64.7 Å². The third kappa shape index (κ3) is 3.31. The maximum Gasteiger partial charge on any atom is 0.355 e. The average molecular weight is 424 g/mol. The van der Waals surface area contributed by atoms with Crippen molar-refractivity contribution < 1.29 is 23.5 Å². The minimum absolute atomic E-state index is 0.0206. The first-order valence-corrected chi connectivity index (χ1v) is 9.20. The number of nitrogens with zero attached hydrogens (tertiary/aromatic N) is 3. The van der Waals surface area contributed by atoms with Gasteiger partial charge in [-0.1, -0.05) is 30.3 Å². The molecule has 1 N–H and O–H groups in total. The minimum atomic E-state index is -1.96. The Morgan fingerprint density at radius 1 is 1.13 bits per heavy atom. The first kappa shape index (κ1) is 20.2. The summed E-state index contributed by atoms with van der Waals surface area (Å²) in [6, 6.07) is 12.3. The Morgan fingerprint density at radius 3 is 2.55 bits per heavy atom. The number of benzene rings is 2. The van der Waals surface area contributed by atoms with E-state index in [4.69, 9.17) is 9.47 Å². The van der Waals surface area contributed by atoms with Crippen molar-refractivity contribution in [3.63, 3.8) is 0 Å². The molecular weight excluding hydrogens is 407 g/mol. The summed E-state index contributed by atoms with van der Waals surface area (Å²) in [5.74, 6) is -2.27. The number of carbonyl (C=O) groups is 2. The van der Waals surface area contributed by atoms with Crippen LogP contribution in [0.25, 0.3) is 22.6 Å². The first-order chi connectivity index (χ1) is 14.9. The molecule has 158 valence electrons. The number of hydrogen-bond acceptors (Lipinski definition) is 8. The van der Waals surface area contributed by atoms with Crippen LogP contribution in [0.3, 0.4) is 0 Å². The summed E-state index contributed by atoms with van der Waals surface area (Å²) in [6.07, 6.45) is -0.551. The molecular formula is C21H17FN4O5. The molecule has 2 heterocycles. The summed E-state index contributed by atoms with van der Waals surface area (Å²) < 4.78 is 24.8. The monoisotopic (exact) mass is 424 g/mol. The lowest BCUT2D eigenvalue weighted by molar-refractivity contribution is -0.157. The molecule has 0 saturated heterocycles. The Hall–Kier alpha value is -4.08. The molecule has 1 aliphatic heterocycles. The largest absolute Gasteiger partial charge is 0.469 e. The lowest BCUT2D eigenvalue weighted by Gasteiger charge is -2.38. The highest BCUT2D eigenvalue weighted by Gasteiger charge is 2.50. The molecule has 10 heteroatoms. The van der Waals surface area contributed by atoms with Crippen LogP contribution in [0.2, 0.25) is 0 Å². The number of rotatable bonds is 4. The molecule has 0 bridgehead atoms. The van der Waals surface area contributed by atoms with Crippen LogP contribution in [0, 0.1) is 5.82 Å². The number of fused-ring (bicyclic) bond motifs is 3. The molecule has 3 aromatic rings. The summed E-state index contributed by atoms with van der Waals surface area (Å²) in [4.78, 5) is 42.2. The molecule has 4 rings (SSSR count). The van der Waals surface area contributed by atoms with Crippen LogP contribution >= 0.6 is 0 Å². The van der Waals surface area contributed by atoms with E-state index >= 15 is 0 Å². The molecule has 0 amide bonds. The predicted octanol–water partition coefficient (Wildman–Crippen LogP) is 1.93. The Morgan fingerprint density at radius 2 is 1.87 bits per heavy atom. The maximum atomic E-state index is 13.9. The van der Waals surface area contributed by atoms with Crippen LogP contribution in [0.15, 0.2) is 53.3 Å². The third-order valence-electron chi connectivity index (χ3n) is 4.93. The zero-order chi connectivity index (χ0) is 22.2. The molecule has 31 heavy (non-hydrogen) atoms. The van der Waals surface area contributed by atoms with E-state index in [1.165, 1.54) is 12.1 Å². The lowest BCUT2D eigenvalue weighted by atomic mass is 9.99. The maximum absolute atomic E-state index is 13.9. The SMILES string of the molecule is COC(=O)C[C@]1(C(=O)OC)Nc2cc(F)ccc2-c2nc(=O)c(-c3ccccc3)nn21. The number of halogens is 1. The molecule has 2 aromatic carbocycles. The van der Waals surface area contributed by atoms with Gasteiger partial charge in [0.25, 0.3) is 5.56 Å². The zero-order valence-corrected chi connectivity index (χ0v) is 16.6. The van der Waals surface area contributed by atoms with E-state index in [9.17, 15) is 18.8 Å². The average Bonchev–Trinajstić information content (AvgIpc) is 2.78. The number of ether oxygens (including phenoxy) is 2. The Balaban J connectivity index is 2.06. The molecule has 0 saturated carbocycles. The van der Waals surface area contributed by atoms with Gasteiger partial charge in [-0.25, -0.2) is 13.9 Å². The lowest BCUT2D eigenvalue weighted by Crippen LogP contribution is -2.55. The van der Waals surface area contributed by atoms with Gasteiger partial charge in [0.05, 0.1) is 19.9 Å². The summed E-state index contributed by atoms with van der Waals surface area (Å²) in [5.41, 5.74) is -1.69. The van der Waals surface area contributed by atoms with E-state index < -0.39 is 35.4 Å². The second kappa shape index (κ2) is 7.63. The second-order valence-electron chi connectivity index (χ2n) is 6.79. The van der Waals surface area contributed by atoms with Crippen molar-refractivity contribution in [2.75, 3.05) is 19.5 Å². The molecule has 1 atom stereocenters. The third-order valence-corrected chi connectivity index (χ3v) is 4.93. The summed E-state index contributed by atoms with van der Waals surface area (Å²) >= 11 is 0. The van der Waals surface area contributed by atoms with Crippen molar-refractivity contribution in [1.29, 1.82) is 0 Å². The van der Waals surface area contributed by atoms with Crippen LogP contribution in [0.1, 0.15) is 6.42 Å². The number of nitrogens with one attached hydrogen (secondary N) is 1. The fourth-order valence-electron chi connectivity index (χ4n) is 3.47. The highest BCUT2D eigenvalue weighted by atomic mass is 19.1. The number of methoxy groups -OCH3 is 2. The quantitative estimate of drug-likeness (QED) is 0.633. The molecule has 0 aliphatic carbocycles. The van der Waals surface area contributed by atoms with Crippen molar-refractivity contribution in [3.8, 4) is 22.6 Å². The van der Waals surface area contributed by atoms with Crippen LogP contribution in [-0.4, -0.2) is 40.9 Å². The standard InChI is InChI=1S/C21H17FN4O5/c1-30-16(27)11-21(20(29)31-2)24-15-10-13(22)8-9-14(15)18-23-19(28)17(25-26(18)21)12-6-4-3-5-7-12/h3-10,24H,11H2,1-2H3/t21-/m0/s1. The molecule has 1 aliphatic rings. The first-order valence-electron chi connectivity index (χ1n) is 9.20. The van der Waals surface area contributed by atoms with Gasteiger partial charge in [0.2, 0.25) is 5.66 Å². The van der Waals surface area contributed by atoms with Crippen LogP contribution in [-0.2, 0) is 24.7 Å². The Labute approximate surface area is 175 Å². The van der Waals surface area contributed by atoms with E-state index in [0.717, 1.165) is 25.0 Å². The van der Waals surface area contributed by atoms with Gasteiger partial charge in [0.15, 0.2) is 11.5 Å². The zero-order valence-electron chi connectivity index (χ0n) is 16.6. The van der Waals surface area contributed by atoms with Gasteiger partial charge in [-0.15, -0.1) is 0 Å². The van der Waals surface area contributed by atoms with E-state index in [1.54, 1.807) is 30.3 Å². The van der Waals surface area contributed by atoms with Crippen LogP contribution in [0.5, 0.6) is 0 Å². The minimum Gasteiger partial charge on any atom is -0.469 e. The van der Waals surface area contributed by atoms with Crippen molar-refractivity contribution in [1.82, 2.24) is 14.8 Å². The van der Waals surface area contributed by atoms with Gasteiger partial charge >= 0.3 is 11.9 Å². The number of hydrogen-bond donors (Lipinski definition) is 1. The number of carbonyl (C=O) groups excluding carboxylic acids is 2. The van der Waals surface area contributed by atoms with Gasteiger partial charge in [-0.2, -0.15) is 10.1 Å². The number of esters is 2. The van der Waals surface area contributed by atoms with Crippen molar-refractivity contribution in [2.45, 2.75) is 12.1 Å². The van der Waals surface area contributed by atoms with Crippen molar-refractivity contribution in [2.24, 2.45) is 0 Å². The van der Waals surface area contributed by atoms with E-state index in [1.807, 2.05) is 0 Å². The molecule has 0 fully saturated rings. The fourth-order valence-corrected chi connectivity index (χ4v) is 3.47. The number of aromatic nitrogens is 3. The van der Waals surface area contributed by atoms with Crippen LogP contribution < -0.4 is 10.9 Å². The molecule has 0 spiro atoms. The Kier molecular flexibility index (Phi) is 4.97. The molecule has 0 unspecified atom stereocenters. The Bertz CT molecular complexity index is 1240. The highest BCUT2D eigenvalue weighted by molar-refractivity contribution is 5.92. The predicted molar refractivity (Wildman–Crippen MR) is 107 cm³/mol. The molecule has 1 aromatic heterocycles. The topological polar surface area (TPSA) is 112 Å². The summed E-state index contributed by atoms with van der Waals surface area (Å²) in [7, 11) is 2.30. The number of anilines is 1. The summed E-state index contributed by atoms with van der Waals surface area (Å²) in [5, 5.41) is 7.26. The van der Waals surface area contributed by atoms with E-state index in [-0.39, 0.29) is 17.2 Å².